The van der Waals surface area contributed by atoms with Gasteiger partial charge in [-0.1, -0.05) is 30.3 Å². The van der Waals surface area contributed by atoms with E-state index in [1.807, 2.05) is 18.2 Å². The molecule has 0 spiro atoms. The number of carbonyl (C=O) groups is 2. The maximum Gasteiger partial charge on any atom is 0.331 e. The van der Waals surface area contributed by atoms with E-state index in [1.165, 1.54) is 5.56 Å². The Morgan fingerprint density at radius 2 is 1.61 bits per heavy atom. The van der Waals surface area contributed by atoms with E-state index in [1.54, 1.807) is 14.0 Å². The van der Waals surface area contributed by atoms with E-state index in [9.17, 15) is 9.59 Å². The molecule has 0 aliphatic heterocycles. The first-order chi connectivity index (χ1) is 11.2. The standard InChI is InChI=1S/C18H24O5/c1-3-22-17(19)9-10-18(20)23-14-12-16(11-13-21-2)15-7-5-4-6-8-15/h4-10,16H,3,11-14H2,1-2H3/b10-9+. The highest BCUT2D eigenvalue weighted by Crippen LogP contribution is 2.23. The van der Waals surface area contributed by atoms with Gasteiger partial charge in [0.1, 0.15) is 0 Å². The van der Waals surface area contributed by atoms with Crippen LogP contribution in [0.15, 0.2) is 42.5 Å². The van der Waals surface area contributed by atoms with Crippen LogP contribution in [0, 0.1) is 0 Å². The van der Waals surface area contributed by atoms with Crippen molar-refractivity contribution in [3.05, 3.63) is 48.0 Å². The first kappa shape index (κ1) is 18.9. The zero-order chi connectivity index (χ0) is 16.9. The number of carbonyl (C=O) groups excluding carboxylic acids is 2. The minimum absolute atomic E-state index is 0.262. The summed E-state index contributed by atoms with van der Waals surface area (Å²) >= 11 is 0. The van der Waals surface area contributed by atoms with Gasteiger partial charge in [-0.05, 0) is 31.2 Å². The Morgan fingerprint density at radius 1 is 1.00 bits per heavy atom. The molecule has 1 atom stereocenters. The molecule has 0 bridgehead atoms. The maximum atomic E-state index is 11.5. The Morgan fingerprint density at radius 3 is 2.22 bits per heavy atom. The fourth-order valence-corrected chi connectivity index (χ4v) is 2.14. The summed E-state index contributed by atoms with van der Waals surface area (Å²) in [6, 6.07) is 10.1. The van der Waals surface area contributed by atoms with Crippen LogP contribution in [0.4, 0.5) is 0 Å². The van der Waals surface area contributed by atoms with Crippen LogP contribution in [0.1, 0.15) is 31.2 Å². The van der Waals surface area contributed by atoms with Crippen LogP contribution in [0.3, 0.4) is 0 Å². The third-order valence-electron chi connectivity index (χ3n) is 3.29. The smallest absolute Gasteiger partial charge is 0.331 e. The first-order valence-corrected chi connectivity index (χ1v) is 7.72. The molecule has 0 N–H and O–H groups in total. The van der Waals surface area contributed by atoms with E-state index < -0.39 is 11.9 Å². The molecule has 1 unspecified atom stereocenters. The van der Waals surface area contributed by atoms with Gasteiger partial charge in [-0.15, -0.1) is 0 Å². The Hall–Kier alpha value is -2.14. The van der Waals surface area contributed by atoms with Gasteiger partial charge in [-0.2, -0.15) is 0 Å². The second kappa shape index (κ2) is 11.4. The molecule has 0 fully saturated rings. The van der Waals surface area contributed by atoms with Gasteiger partial charge in [0.15, 0.2) is 0 Å². The average molecular weight is 320 g/mol. The molecule has 126 valence electrons. The summed E-state index contributed by atoms with van der Waals surface area (Å²) in [5.74, 6) is -0.832. The minimum atomic E-state index is -0.549. The molecule has 0 saturated carbocycles. The van der Waals surface area contributed by atoms with Gasteiger partial charge in [0.05, 0.1) is 13.2 Å². The number of methoxy groups -OCH3 is 1. The average Bonchev–Trinajstić information content (AvgIpc) is 2.57. The predicted octanol–water partition coefficient (Wildman–Crippen LogP) is 2.86. The summed E-state index contributed by atoms with van der Waals surface area (Å²) in [5, 5.41) is 0. The van der Waals surface area contributed by atoms with Crippen molar-refractivity contribution >= 4 is 11.9 Å². The summed E-state index contributed by atoms with van der Waals surface area (Å²) in [6.45, 7) is 2.91. The number of rotatable bonds is 10. The van der Waals surface area contributed by atoms with Crippen LogP contribution < -0.4 is 0 Å². The first-order valence-electron chi connectivity index (χ1n) is 7.72. The molecule has 0 aromatic heterocycles. The normalized spacial score (nSPS) is 12.1. The summed E-state index contributed by atoms with van der Waals surface area (Å²) in [4.78, 5) is 22.6. The van der Waals surface area contributed by atoms with Crippen molar-refractivity contribution in [2.75, 3.05) is 26.9 Å². The van der Waals surface area contributed by atoms with Crippen molar-refractivity contribution in [2.24, 2.45) is 0 Å². The van der Waals surface area contributed by atoms with Gasteiger partial charge in [0.25, 0.3) is 0 Å². The predicted molar refractivity (Wildman–Crippen MR) is 87.0 cm³/mol. The topological polar surface area (TPSA) is 61.8 Å². The molecule has 0 saturated heterocycles. The lowest BCUT2D eigenvalue weighted by atomic mass is 9.93. The lowest BCUT2D eigenvalue weighted by Crippen LogP contribution is -2.10. The molecule has 0 aliphatic carbocycles. The second-order valence-corrected chi connectivity index (χ2v) is 4.93. The lowest BCUT2D eigenvalue weighted by Gasteiger charge is -2.16. The van der Waals surface area contributed by atoms with Crippen LogP contribution in [0.5, 0.6) is 0 Å². The Kier molecular flexibility index (Phi) is 9.40. The van der Waals surface area contributed by atoms with Crippen molar-refractivity contribution in [3.8, 4) is 0 Å². The van der Waals surface area contributed by atoms with Crippen LogP contribution in [0.25, 0.3) is 0 Å². The molecule has 5 nitrogen and oxygen atoms in total. The van der Waals surface area contributed by atoms with Crippen LogP contribution in [-0.4, -0.2) is 38.9 Å². The van der Waals surface area contributed by atoms with Crippen molar-refractivity contribution in [1.29, 1.82) is 0 Å². The minimum Gasteiger partial charge on any atom is -0.463 e. The van der Waals surface area contributed by atoms with Crippen molar-refractivity contribution < 1.29 is 23.8 Å². The van der Waals surface area contributed by atoms with Gasteiger partial charge in [0.2, 0.25) is 0 Å². The zero-order valence-corrected chi connectivity index (χ0v) is 13.7. The maximum absolute atomic E-state index is 11.5. The second-order valence-electron chi connectivity index (χ2n) is 4.93. The van der Waals surface area contributed by atoms with Gasteiger partial charge in [-0.3, -0.25) is 0 Å². The molecular formula is C18H24O5. The lowest BCUT2D eigenvalue weighted by molar-refractivity contribution is -0.140. The Bertz CT molecular complexity index is 495. The molecular weight excluding hydrogens is 296 g/mol. The summed E-state index contributed by atoms with van der Waals surface area (Å²) < 4.78 is 15.0. The van der Waals surface area contributed by atoms with Gasteiger partial charge < -0.3 is 14.2 Å². The quantitative estimate of drug-likeness (QED) is 0.490. The molecule has 23 heavy (non-hydrogen) atoms. The molecule has 0 aliphatic rings. The van der Waals surface area contributed by atoms with E-state index in [-0.39, 0.29) is 19.1 Å². The zero-order valence-electron chi connectivity index (χ0n) is 13.7. The Labute approximate surface area is 137 Å². The summed E-state index contributed by atoms with van der Waals surface area (Å²) in [6.07, 6.45) is 3.72. The summed E-state index contributed by atoms with van der Waals surface area (Å²) in [7, 11) is 1.67. The van der Waals surface area contributed by atoms with Crippen molar-refractivity contribution in [3.63, 3.8) is 0 Å². The van der Waals surface area contributed by atoms with E-state index in [2.05, 4.69) is 16.9 Å². The SMILES string of the molecule is CCOC(=O)/C=C/C(=O)OCCC(CCOC)c1ccccc1. The third kappa shape index (κ3) is 8.16. The van der Waals surface area contributed by atoms with Crippen LogP contribution in [0.2, 0.25) is 0 Å². The van der Waals surface area contributed by atoms with Crippen molar-refractivity contribution in [1.82, 2.24) is 0 Å². The van der Waals surface area contributed by atoms with E-state index in [0.29, 0.717) is 13.0 Å². The molecule has 1 aromatic rings. The number of ether oxygens (including phenoxy) is 3. The molecule has 0 heterocycles. The van der Waals surface area contributed by atoms with Crippen molar-refractivity contribution in [2.45, 2.75) is 25.7 Å². The highest BCUT2D eigenvalue weighted by molar-refractivity contribution is 5.91. The number of hydrogen-bond acceptors (Lipinski definition) is 5. The van der Waals surface area contributed by atoms with E-state index in [4.69, 9.17) is 9.47 Å². The van der Waals surface area contributed by atoms with Crippen LogP contribution >= 0.6 is 0 Å². The molecule has 0 amide bonds. The fraction of sp³-hybridized carbons (Fsp3) is 0.444. The fourth-order valence-electron chi connectivity index (χ4n) is 2.14. The molecule has 1 rings (SSSR count). The van der Waals surface area contributed by atoms with Gasteiger partial charge >= 0.3 is 11.9 Å². The number of esters is 2. The summed E-state index contributed by atoms with van der Waals surface area (Å²) in [5.41, 5.74) is 1.20. The van der Waals surface area contributed by atoms with Gasteiger partial charge in [-0.25, -0.2) is 9.59 Å². The van der Waals surface area contributed by atoms with E-state index >= 15 is 0 Å². The Balaban J connectivity index is 2.43. The number of hydrogen-bond donors (Lipinski definition) is 0. The third-order valence-corrected chi connectivity index (χ3v) is 3.29. The van der Waals surface area contributed by atoms with Crippen LogP contribution in [-0.2, 0) is 23.8 Å². The number of benzene rings is 1. The highest BCUT2D eigenvalue weighted by Gasteiger charge is 2.12. The largest absolute Gasteiger partial charge is 0.463 e. The van der Waals surface area contributed by atoms with E-state index in [0.717, 1.165) is 18.6 Å². The highest BCUT2D eigenvalue weighted by atomic mass is 16.5. The monoisotopic (exact) mass is 320 g/mol. The molecule has 0 radical (unpaired) electrons. The molecule has 1 aromatic carbocycles. The van der Waals surface area contributed by atoms with Gasteiger partial charge in [0, 0.05) is 25.9 Å². The molecule has 5 heteroatoms.